The molecule has 0 spiro atoms. The minimum Gasteiger partial charge on any atom is -0.399 e. The number of pyridine rings is 1. The number of nitrogens with zero attached hydrogens (tertiary/aromatic N) is 2. The Hall–Kier alpha value is -2.56. The van der Waals surface area contributed by atoms with E-state index in [1.807, 2.05) is 38.2 Å². The Morgan fingerprint density at radius 2 is 2.05 bits per heavy atom. The zero-order chi connectivity index (χ0) is 14.9. The van der Waals surface area contributed by atoms with Gasteiger partial charge in [0.05, 0.1) is 0 Å². The van der Waals surface area contributed by atoms with Gasteiger partial charge in [-0.2, -0.15) is 0 Å². The molecule has 0 atom stereocenters. The van der Waals surface area contributed by atoms with Gasteiger partial charge in [-0.3, -0.25) is 0 Å². The molecule has 0 amide bonds. The largest absolute Gasteiger partial charge is 0.399 e. The SMILES string of the molecule is C=C(N)c1cc(F)c(N)nc1N(C)c1cccc(C)c1. The van der Waals surface area contributed by atoms with E-state index in [1.54, 1.807) is 4.90 Å². The van der Waals surface area contributed by atoms with Crippen molar-refractivity contribution in [1.29, 1.82) is 0 Å². The fourth-order valence-corrected chi connectivity index (χ4v) is 1.94. The van der Waals surface area contributed by atoms with Crippen molar-refractivity contribution in [2.24, 2.45) is 5.73 Å². The minimum absolute atomic E-state index is 0.162. The van der Waals surface area contributed by atoms with Crippen molar-refractivity contribution in [2.45, 2.75) is 6.92 Å². The topological polar surface area (TPSA) is 68.2 Å². The summed E-state index contributed by atoms with van der Waals surface area (Å²) in [4.78, 5) is 5.89. The van der Waals surface area contributed by atoms with Gasteiger partial charge in [0.15, 0.2) is 11.6 Å². The highest BCUT2D eigenvalue weighted by Gasteiger charge is 2.16. The number of halogens is 1. The number of benzene rings is 1. The van der Waals surface area contributed by atoms with E-state index in [0.29, 0.717) is 11.4 Å². The molecule has 0 radical (unpaired) electrons. The molecule has 1 aromatic heterocycles. The summed E-state index contributed by atoms with van der Waals surface area (Å²) in [5, 5.41) is 0. The maximum atomic E-state index is 13.5. The quantitative estimate of drug-likeness (QED) is 0.901. The number of aryl methyl sites for hydroxylation is 1. The second-order valence-electron chi connectivity index (χ2n) is 4.65. The van der Waals surface area contributed by atoms with Crippen LogP contribution in [-0.4, -0.2) is 12.0 Å². The van der Waals surface area contributed by atoms with Gasteiger partial charge in [0.2, 0.25) is 0 Å². The molecule has 0 aliphatic carbocycles. The molecule has 0 bridgehead atoms. The third-order valence-corrected chi connectivity index (χ3v) is 3.04. The van der Waals surface area contributed by atoms with Crippen LogP contribution in [0.15, 0.2) is 36.9 Å². The summed E-state index contributed by atoms with van der Waals surface area (Å²) < 4.78 is 13.5. The summed E-state index contributed by atoms with van der Waals surface area (Å²) >= 11 is 0. The maximum Gasteiger partial charge on any atom is 0.166 e. The average Bonchev–Trinajstić information content (AvgIpc) is 2.40. The molecule has 0 aliphatic rings. The van der Waals surface area contributed by atoms with E-state index in [1.165, 1.54) is 6.07 Å². The van der Waals surface area contributed by atoms with Gasteiger partial charge >= 0.3 is 0 Å². The van der Waals surface area contributed by atoms with Crippen LogP contribution < -0.4 is 16.4 Å². The smallest absolute Gasteiger partial charge is 0.166 e. The monoisotopic (exact) mass is 272 g/mol. The molecule has 2 aromatic rings. The van der Waals surface area contributed by atoms with E-state index in [0.717, 1.165) is 11.3 Å². The van der Waals surface area contributed by atoms with Crippen molar-refractivity contribution in [2.75, 3.05) is 17.7 Å². The van der Waals surface area contributed by atoms with Crippen molar-refractivity contribution >= 4 is 23.0 Å². The van der Waals surface area contributed by atoms with E-state index >= 15 is 0 Å². The van der Waals surface area contributed by atoms with Crippen LogP contribution in [-0.2, 0) is 0 Å². The van der Waals surface area contributed by atoms with Crippen LogP contribution in [0.2, 0.25) is 0 Å². The average molecular weight is 272 g/mol. The molecule has 5 heteroatoms. The zero-order valence-electron chi connectivity index (χ0n) is 11.5. The normalized spacial score (nSPS) is 10.3. The molecule has 4 nitrogen and oxygen atoms in total. The summed E-state index contributed by atoms with van der Waals surface area (Å²) in [6.45, 7) is 5.65. The Morgan fingerprint density at radius 1 is 1.35 bits per heavy atom. The third kappa shape index (κ3) is 2.56. The van der Waals surface area contributed by atoms with Gasteiger partial charge in [-0.25, -0.2) is 9.37 Å². The highest BCUT2D eigenvalue weighted by Crippen LogP contribution is 2.30. The van der Waals surface area contributed by atoms with Crippen LogP contribution in [0.4, 0.5) is 21.7 Å². The molecule has 0 saturated carbocycles. The summed E-state index contributed by atoms with van der Waals surface area (Å²) in [6, 6.07) is 9.10. The number of hydrogen-bond donors (Lipinski definition) is 2. The number of rotatable bonds is 3. The zero-order valence-corrected chi connectivity index (χ0v) is 11.5. The van der Waals surface area contributed by atoms with Crippen LogP contribution in [0.5, 0.6) is 0 Å². The lowest BCUT2D eigenvalue weighted by molar-refractivity contribution is 0.626. The van der Waals surface area contributed by atoms with Gasteiger partial charge in [0, 0.05) is 24.0 Å². The lowest BCUT2D eigenvalue weighted by atomic mass is 10.1. The van der Waals surface area contributed by atoms with Crippen LogP contribution in [0, 0.1) is 12.7 Å². The predicted octanol–water partition coefficient (Wildman–Crippen LogP) is 2.81. The van der Waals surface area contributed by atoms with E-state index < -0.39 is 5.82 Å². The molecule has 1 aromatic carbocycles. The molecule has 20 heavy (non-hydrogen) atoms. The highest BCUT2D eigenvalue weighted by molar-refractivity contribution is 5.76. The molecular formula is C15H17FN4. The lowest BCUT2D eigenvalue weighted by Crippen LogP contribution is -2.16. The minimum atomic E-state index is -0.604. The van der Waals surface area contributed by atoms with Gasteiger partial charge in [-0.15, -0.1) is 0 Å². The Bertz CT molecular complexity index is 667. The first kappa shape index (κ1) is 13.9. The molecule has 1 heterocycles. The van der Waals surface area contributed by atoms with Gasteiger partial charge in [-0.1, -0.05) is 18.7 Å². The molecule has 0 unspecified atom stereocenters. The first-order valence-electron chi connectivity index (χ1n) is 6.11. The van der Waals surface area contributed by atoms with Crippen LogP contribution in [0.3, 0.4) is 0 Å². The Kier molecular flexibility index (Phi) is 3.61. The van der Waals surface area contributed by atoms with E-state index in [4.69, 9.17) is 11.5 Å². The van der Waals surface area contributed by atoms with Crippen LogP contribution >= 0.6 is 0 Å². The number of hydrogen-bond acceptors (Lipinski definition) is 4. The fraction of sp³-hybridized carbons (Fsp3) is 0.133. The molecule has 2 rings (SSSR count). The molecule has 4 N–H and O–H groups in total. The Balaban J connectivity index is 2.56. The predicted molar refractivity (Wildman–Crippen MR) is 81.1 cm³/mol. The molecule has 0 fully saturated rings. The molecule has 104 valence electrons. The fourth-order valence-electron chi connectivity index (χ4n) is 1.94. The van der Waals surface area contributed by atoms with Crippen molar-refractivity contribution in [1.82, 2.24) is 4.98 Å². The summed E-state index contributed by atoms with van der Waals surface area (Å²) in [5.74, 6) is -0.292. The van der Waals surface area contributed by atoms with Gasteiger partial charge in [-0.05, 0) is 30.7 Å². The van der Waals surface area contributed by atoms with Crippen molar-refractivity contribution in [3.05, 3.63) is 53.9 Å². The van der Waals surface area contributed by atoms with Crippen molar-refractivity contribution in [3.8, 4) is 0 Å². The first-order chi connectivity index (χ1) is 9.40. The Morgan fingerprint density at radius 3 is 2.65 bits per heavy atom. The summed E-state index contributed by atoms with van der Waals surface area (Å²) in [6.07, 6.45) is 0. The Labute approximate surface area is 117 Å². The molecular weight excluding hydrogens is 255 g/mol. The molecule has 0 saturated heterocycles. The van der Waals surface area contributed by atoms with Gasteiger partial charge in [0.1, 0.15) is 5.82 Å². The van der Waals surface area contributed by atoms with Crippen molar-refractivity contribution < 1.29 is 4.39 Å². The van der Waals surface area contributed by atoms with Crippen LogP contribution in [0.25, 0.3) is 5.70 Å². The van der Waals surface area contributed by atoms with Gasteiger partial charge < -0.3 is 16.4 Å². The van der Waals surface area contributed by atoms with Crippen LogP contribution in [0.1, 0.15) is 11.1 Å². The highest BCUT2D eigenvalue weighted by atomic mass is 19.1. The van der Waals surface area contributed by atoms with Gasteiger partial charge in [0.25, 0.3) is 0 Å². The lowest BCUT2D eigenvalue weighted by Gasteiger charge is -2.22. The second kappa shape index (κ2) is 5.21. The first-order valence-corrected chi connectivity index (χ1v) is 6.11. The van der Waals surface area contributed by atoms with Crippen molar-refractivity contribution in [3.63, 3.8) is 0 Å². The number of nitrogens with two attached hydrogens (primary N) is 2. The van der Waals surface area contributed by atoms with E-state index in [-0.39, 0.29) is 11.5 Å². The number of anilines is 3. The second-order valence-corrected chi connectivity index (χ2v) is 4.65. The van der Waals surface area contributed by atoms with E-state index in [9.17, 15) is 4.39 Å². The molecule has 0 aliphatic heterocycles. The number of nitrogen functional groups attached to an aromatic ring is 1. The maximum absolute atomic E-state index is 13.5. The number of aromatic nitrogens is 1. The third-order valence-electron chi connectivity index (χ3n) is 3.04. The van der Waals surface area contributed by atoms with E-state index in [2.05, 4.69) is 11.6 Å². The summed E-state index contributed by atoms with van der Waals surface area (Å²) in [7, 11) is 1.82. The standard InChI is InChI=1S/C15H17FN4/c1-9-5-4-6-11(7-9)20(3)15-12(10(2)17)8-13(16)14(18)19-15/h4-8H,2,17H2,1,3H3,(H2,18,19). The summed E-state index contributed by atoms with van der Waals surface area (Å²) in [5.41, 5.74) is 14.0.